The van der Waals surface area contributed by atoms with Gasteiger partial charge in [0, 0.05) is 19.0 Å². The summed E-state index contributed by atoms with van der Waals surface area (Å²) in [5, 5.41) is 0. The summed E-state index contributed by atoms with van der Waals surface area (Å²) in [7, 11) is -3.49. The van der Waals surface area contributed by atoms with Crippen LogP contribution in [0.2, 0.25) is 0 Å². The Morgan fingerprint density at radius 2 is 1.85 bits per heavy atom. The summed E-state index contributed by atoms with van der Waals surface area (Å²) < 4.78 is 27.9. The number of hydrogen-bond acceptors (Lipinski definition) is 2. The van der Waals surface area contributed by atoms with E-state index < -0.39 is 10.0 Å². The molecule has 1 aliphatic rings. The van der Waals surface area contributed by atoms with Gasteiger partial charge in [-0.25, -0.2) is 8.42 Å². The predicted octanol–water partition coefficient (Wildman–Crippen LogP) is 5.03. The lowest BCUT2D eigenvalue weighted by Crippen LogP contribution is -2.37. The van der Waals surface area contributed by atoms with Crippen LogP contribution in [0.5, 0.6) is 0 Å². The molecule has 0 saturated heterocycles. The van der Waals surface area contributed by atoms with Crippen LogP contribution in [0.4, 0.5) is 0 Å². The van der Waals surface area contributed by atoms with Gasteiger partial charge in [-0.2, -0.15) is 4.31 Å². The molecule has 0 aromatic heterocycles. The average Bonchev–Trinajstić information content (AvgIpc) is 2.65. The molecule has 0 bridgehead atoms. The lowest BCUT2D eigenvalue weighted by atomic mass is 9.90. The average molecular weight is 370 g/mol. The molecule has 0 saturated carbocycles. The quantitative estimate of drug-likeness (QED) is 0.529. The maximum Gasteiger partial charge on any atom is 0.243 e. The second-order valence-electron chi connectivity index (χ2n) is 6.99. The third-order valence-electron chi connectivity index (χ3n) is 4.95. The molecular formula is C22H27NO2S. The van der Waals surface area contributed by atoms with E-state index in [4.69, 9.17) is 0 Å². The number of allylic oxidation sites excluding steroid dienone is 1. The summed E-state index contributed by atoms with van der Waals surface area (Å²) in [4.78, 5) is 0.371. The van der Waals surface area contributed by atoms with Crippen LogP contribution in [0.25, 0.3) is 0 Å². The van der Waals surface area contributed by atoms with E-state index >= 15 is 0 Å². The van der Waals surface area contributed by atoms with Crippen LogP contribution in [-0.4, -0.2) is 19.3 Å². The molecular weight excluding hydrogens is 342 g/mol. The number of sulfonamides is 1. The summed E-state index contributed by atoms with van der Waals surface area (Å²) in [6.45, 7) is 5.08. The molecule has 2 aromatic rings. The molecule has 2 aromatic carbocycles. The maximum absolute atomic E-state index is 13.1. The van der Waals surface area contributed by atoms with Gasteiger partial charge < -0.3 is 0 Å². The molecule has 0 amide bonds. The molecule has 3 nitrogen and oxygen atoms in total. The summed E-state index contributed by atoms with van der Waals surface area (Å²) in [5.74, 6) is 0.108. The Labute approximate surface area is 157 Å². The zero-order valence-corrected chi connectivity index (χ0v) is 16.4. The van der Waals surface area contributed by atoms with Gasteiger partial charge in [-0.15, -0.1) is 0 Å². The maximum atomic E-state index is 13.1. The van der Waals surface area contributed by atoms with Crippen molar-refractivity contribution in [2.45, 2.75) is 50.5 Å². The predicted molar refractivity (Wildman–Crippen MR) is 107 cm³/mol. The van der Waals surface area contributed by atoms with Gasteiger partial charge in [0.15, 0.2) is 0 Å². The minimum atomic E-state index is -3.49. The highest BCUT2D eigenvalue weighted by atomic mass is 32.2. The Balaban J connectivity index is 1.90. The minimum Gasteiger partial charge on any atom is -0.207 e. The zero-order chi connectivity index (χ0) is 18.6. The van der Waals surface area contributed by atoms with Crippen LogP contribution in [-0.2, 0) is 16.6 Å². The van der Waals surface area contributed by atoms with Gasteiger partial charge in [-0.05, 0) is 36.6 Å². The van der Waals surface area contributed by atoms with Gasteiger partial charge >= 0.3 is 0 Å². The van der Waals surface area contributed by atoms with Crippen molar-refractivity contribution in [3.63, 3.8) is 0 Å². The van der Waals surface area contributed by atoms with Crippen molar-refractivity contribution in [3.8, 4) is 0 Å². The number of hydrogen-bond donors (Lipinski definition) is 0. The highest BCUT2D eigenvalue weighted by Gasteiger charge is 2.32. The first-order chi connectivity index (χ1) is 12.5. The normalized spacial score (nSPS) is 18.2. The fraction of sp³-hybridized carbons (Fsp3) is 0.364. The Hall–Kier alpha value is -1.91. The molecule has 1 heterocycles. The van der Waals surface area contributed by atoms with Crippen LogP contribution in [0.3, 0.4) is 0 Å². The van der Waals surface area contributed by atoms with Gasteiger partial charge in [0.1, 0.15) is 0 Å². The smallest absolute Gasteiger partial charge is 0.207 e. The van der Waals surface area contributed by atoms with Crippen molar-refractivity contribution in [1.29, 1.82) is 0 Å². The molecule has 1 unspecified atom stereocenters. The molecule has 138 valence electrons. The third kappa shape index (κ3) is 4.08. The number of nitrogens with zero attached hydrogens (tertiary/aromatic N) is 1. The summed E-state index contributed by atoms with van der Waals surface area (Å²) in [6.07, 6.45) is 7.76. The second-order valence-corrected chi connectivity index (χ2v) is 8.92. The highest BCUT2D eigenvalue weighted by Crippen LogP contribution is 2.32. The number of benzene rings is 2. The van der Waals surface area contributed by atoms with E-state index in [1.165, 1.54) is 12.0 Å². The topological polar surface area (TPSA) is 37.4 Å². The van der Waals surface area contributed by atoms with Crippen LogP contribution >= 0.6 is 0 Å². The zero-order valence-electron chi connectivity index (χ0n) is 15.6. The molecule has 0 radical (unpaired) electrons. The van der Waals surface area contributed by atoms with Crippen molar-refractivity contribution in [3.05, 3.63) is 77.4 Å². The van der Waals surface area contributed by atoms with Crippen molar-refractivity contribution in [2.24, 2.45) is 0 Å². The molecule has 0 spiro atoms. The van der Waals surface area contributed by atoms with Crippen LogP contribution < -0.4 is 0 Å². The van der Waals surface area contributed by atoms with Gasteiger partial charge in [0.05, 0.1) is 4.90 Å². The molecule has 1 aliphatic heterocycles. The molecule has 4 heteroatoms. The Bertz CT molecular complexity index is 869. The number of fused-ring (bicyclic) bond motifs is 1. The highest BCUT2D eigenvalue weighted by molar-refractivity contribution is 7.89. The molecule has 26 heavy (non-hydrogen) atoms. The van der Waals surface area contributed by atoms with E-state index in [1.54, 1.807) is 16.4 Å². The van der Waals surface area contributed by atoms with Crippen molar-refractivity contribution in [1.82, 2.24) is 4.31 Å². The standard InChI is InChI=1S/C22H27NO2S/c1-3-4-5-6-9-19-16-23(17-20-10-7-8-11-22(19)20)26(24,25)21-14-12-18(2)13-15-21/h6-15,19H,3-5,16-17H2,1-2H3/b9-6+. The lowest BCUT2D eigenvalue weighted by molar-refractivity contribution is 0.375. The fourth-order valence-electron chi connectivity index (χ4n) is 3.40. The number of aryl methyl sites for hydroxylation is 1. The number of rotatable bonds is 6. The number of unbranched alkanes of at least 4 members (excludes halogenated alkanes) is 2. The lowest BCUT2D eigenvalue weighted by Gasteiger charge is -2.32. The van der Waals surface area contributed by atoms with Gasteiger partial charge in [-0.1, -0.05) is 73.9 Å². The summed E-state index contributed by atoms with van der Waals surface area (Å²) in [6, 6.07) is 15.3. The van der Waals surface area contributed by atoms with Crippen molar-refractivity contribution < 1.29 is 8.42 Å². The Kier molecular flexibility index (Phi) is 5.94. The first kappa shape index (κ1) is 18.9. The second kappa shape index (κ2) is 8.19. The molecule has 0 N–H and O–H groups in total. The summed E-state index contributed by atoms with van der Waals surface area (Å²) >= 11 is 0. The molecule has 3 rings (SSSR count). The fourth-order valence-corrected chi connectivity index (χ4v) is 4.85. The monoisotopic (exact) mass is 369 g/mol. The van der Waals surface area contributed by atoms with E-state index in [9.17, 15) is 8.42 Å². The molecule has 1 atom stereocenters. The van der Waals surface area contributed by atoms with E-state index in [0.29, 0.717) is 18.0 Å². The van der Waals surface area contributed by atoms with Crippen LogP contribution in [0, 0.1) is 6.92 Å². The van der Waals surface area contributed by atoms with E-state index in [1.807, 2.05) is 37.3 Å². The van der Waals surface area contributed by atoms with E-state index in [0.717, 1.165) is 24.0 Å². The third-order valence-corrected chi connectivity index (χ3v) is 6.78. The van der Waals surface area contributed by atoms with Crippen molar-refractivity contribution in [2.75, 3.05) is 6.54 Å². The minimum absolute atomic E-state index is 0.108. The summed E-state index contributed by atoms with van der Waals surface area (Å²) in [5.41, 5.74) is 3.40. The SMILES string of the molecule is CCCC/C=C/C1CN(S(=O)(=O)c2ccc(C)cc2)Cc2ccccc21. The van der Waals surface area contributed by atoms with Gasteiger partial charge in [0.25, 0.3) is 0 Å². The van der Waals surface area contributed by atoms with E-state index in [-0.39, 0.29) is 5.92 Å². The molecule has 0 aliphatic carbocycles. The largest absolute Gasteiger partial charge is 0.243 e. The Morgan fingerprint density at radius 1 is 1.12 bits per heavy atom. The first-order valence-corrected chi connectivity index (χ1v) is 10.8. The van der Waals surface area contributed by atoms with Gasteiger partial charge in [0.2, 0.25) is 10.0 Å². The van der Waals surface area contributed by atoms with E-state index in [2.05, 4.69) is 25.1 Å². The Morgan fingerprint density at radius 3 is 2.58 bits per heavy atom. The first-order valence-electron chi connectivity index (χ1n) is 9.33. The van der Waals surface area contributed by atoms with Gasteiger partial charge in [-0.3, -0.25) is 0 Å². The van der Waals surface area contributed by atoms with Crippen LogP contribution in [0.15, 0.2) is 65.6 Å². The molecule has 0 fully saturated rings. The van der Waals surface area contributed by atoms with Crippen molar-refractivity contribution >= 4 is 10.0 Å². The van der Waals surface area contributed by atoms with Crippen LogP contribution in [0.1, 0.15) is 48.8 Å².